The fourth-order valence-corrected chi connectivity index (χ4v) is 3.74. The highest BCUT2D eigenvalue weighted by molar-refractivity contribution is 5.95. The van der Waals surface area contributed by atoms with Crippen molar-refractivity contribution >= 4 is 17.5 Å². The number of ether oxygens (including phenoxy) is 1. The first-order chi connectivity index (χ1) is 14.9. The number of nitrogens with one attached hydrogen (secondary N) is 1. The van der Waals surface area contributed by atoms with Crippen molar-refractivity contribution in [1.82, 2.24) is 10.2 Å². The van der Waals surface area contributed by atoms with Crippen LogP contribution in [0.25, 0.3) is 0 Å². The van der Waals surface area contributed by atoms with E-state index >= 15 is 0 Å². The zero-order valence-corrected chi connectivity index (χ0v) is 17.8. The van der Waals surface area contributed by atoms with Gasteiger partial charge in [-0.25, -0.2) is 0 Å². The molecule has 1 N–H and O–H groups in total. The summed E-state index contributed by atoms with van der Waals surface area (Å²) in [4.78, 5) is 37.5. The molecular weight excluding hydrogens is 398 g/mol. The number of carbonyl (C=O) groups is 2. The number of rotatable bonds is 8. The van der Waals surface area contributed by atoms with Gasteiger partial charge in [-0.05, 0) is 44.4 Å². The predicted molar refractivity (Wildman–Crippen MR) is 116 cm³/mol. The van der Waals surface area contributed by atoms with Crippen molar-refractivity contribution < 1.29 is 19.2 Å². The van der Waals surface area contributed by atoms with Crippen LogP contribution in [0.2, 0.25) is 0 Å². The summed E-state index contributed by atoms with van der Waals surface area (Å²) in [6.45, 7) is 5.05. The third-order valence-corrected chi connectivity index (χ3v) is 5.47. The Morgan fingerprint density at radius 2 is 1.90 bits per heavy atom. The molecule has 1 heterocycles. The lowest BCUT2D eigenvalue weighted by Gasteiger charge is -2.22. The van der Waals surface area contributed by atoms with Crippen molar-refractivity contribution in [3.63, 3.8) is 0 Å². The molecule has 0 radical (unpaired) electrons. The van der Waals surface area contributed by atoms with Crippen molar-refractivity contribution in [2.75, 3.05) is 19.7 Å². The Kier molecular flexibility index (Phi) is 7.23. The van der Waals surface area contributed by atoms with Crippen LogP contribution >= 0.6 is 0 Å². The van der Waals surface area contributed by atoms with Crippen LogP contribution in [-0.2, 0) is 4.79 Å². The summed E-state index contributed by atoms with van der Waals surface area (Å²) < 4.78 is 5.83. The van der Waals surface area contributed by atoms with Crippen LogP contribution in [0.4, 0.5) is 5.69 Å². The van der Waals surface area contributed by atoms with Gasteiger partial charge in [0.15, 0.2) is 6.61 Å². The molecule has 1 fully saturated rings. The quantitative estimate of drug-likeness (QED) is 0.512. The molecule has 8 nitrogen and oxygen atoms in total. The van der Waals surface area contributed by atoms with Gasteiger partial charge in [-0.15, -0.1) is 0 Å². The molecular formula is C23H27N3O5. The van der Waals surface area contributed by atoms with Crippen LogP contribution in [0.1, 0.15) is 53.7 Å². The van der Waals surface area contributed by atoms with Crippen molar-refractivity contribution in [2.24, 2.45) is 0 Å². The van der Waals surface area contributed by atoms with E-state index in [1.165, 1.54) is 18.2 Å². The lowest BCUT2D eigenvalue weighted by atomic mass is 10.0. The standard InChI is InChI=1S/C23H27N3O5/c1-3-19(24-23(28)17-10-11-20(26(29)30)16(2)14-17)18-8-4-5-9-21(18)31-15-22(27)25-12-6-7-13-25/h4-5,8-11,14,19H,3,6-7,12-13,15H2,1-2H3,(H,24,28). The van der Waals surface area contributed by atoms with Crippen LogP contribution in [0.3, 0.4) is 0 Å². The summed E-state index contributed by atoms with van der Waals surface area (Å²) >= 11 is 0. The zero-order chi connectivity index (χ0) is 22.4. The van der Waals surface area contributed by atoms with E-state index in [4.69, 9.17) is 4.74 Å². The number of amides is 2. The average molecular weight is 425 g/mol. The number of para-hydroxylation sites is 1. The van der Waals surface area contributed by atoms with E-state index in [-0.39, 0.29) is 30.2 Å². The number of likely N-dealkylation sites (tertiary alicyclic amines) is 1. The Bertz CT molecular complexity index is 969. The minimum atomic E-state index is -0.469. The minimum absolute atomic E-state index is 0.0231. The summed E-state index contributed by atoms with van der Waals surface area (Å²) in [5, 5.41) is 14.0. The topological polar surface area (TPSA) is 102 Å². The number of hydrogen-bond acceptors (Lipinski definition) is 5. The van der Waals surface area contributed by atoms with Gasteiger partial charge in [0.05, 0.1) is 11.0 Å². The van der Waals surface area contributed by atoms with Crippen LogP contribution < -0.4 is 10.1 Å². The molecule has 1 unspecified atom stereocenters. The zero-order valence-electron chi connectivity index (χ0n) is 17.8. The normalized spacial score (nSPS) is 14.2. The number of nitro groups is 1. The monoisotopic (exact) mass is 425 g/mol. The molecule has 0 aromatic heterocycles. The van der Waals surface area contributed by atoms with Gasteiger partial charge in [-0.1, -0.05) is 25.1 Å². The Labute approximate surface area is 181 Å². The van der Waals surface area contributed by atoms with Gasteiger partial charge in [0, 0.05) is 35.8 Å². The molecule has 1 aliphatic heterocycles. The van der Waals surface area contributed by atoms with Gasteiger partial charge >= 0.3 is 0 Å². The van der Waals surface area contributed by atoms with Gasteiger partial charge in [0.25, 0.3) is 17.5 Å². The molecule has 1 atom stereocenters. The maximum absolute atomic E-state index is 12.8. The first-order valence-electron chi connectivity index (χ1n) is 10.5. The third-order valence-electron chi connectivity index (χ3n) is 5.47. The molecule has 31 heavy (non-hydrogen) atoms. The maximum atomic E-state index is 12.8. The van der Waals surface area contributed by atoms with Crippen molar-refractivity contribution in [2.45, 2.75) is 39.2 Å². The number of nitro benzene ring substituents is 1. The molecule has 164 valence electrons. The Balaban J connectivity index is 1.72. The largest absolute Gasteiger partial charge is 0.483 e. The minimum Gasteiger partial charge on any atom is -0.483 e. The molecule has 0 saturated carbocycles. The summed E-state index contributed by atoms with van der Waals surface area (Å²) in [6.07, 6.45) is 2.65. The van der Waals surface area contributed by atoms with Gasteiger partial charge in [-0.3, -0.25) is 19.7 Å². The van der Waals surface area contributed by atoms with E-state index in [0.29, 0.717) is 23.3 Å². The Morgan fingerprint density at radius 1 is 1.19 bits per heavy atom. The van der Waals surface area contributed by atoms with E-state index in [1.807, 2.05) is 25.1 Å². The summed E-state index contributed by atoms with van der Waals surface area (Å²) in [5.74, 6) is 0.195. The summed E-state index contributed by atoms with van der Waals surface area (Å²) in [5.41, 5.74) is 1.54. The second kappa shape index (κ2) is 10.1. The van der Waals surface area contributed by atoms with Crippen LogP contribution in [0, 0.1) is 17.0 Å². The molecule has 2 aromatic carbocycles. The first kappa shape index (κ1) is 22.3. The Morgan fingerprint density at radius 3 is 2.55 bits per heavy atom. The maximum Gasteiger partial charge on any atom is 0.272 e. The molecule has 0 aliphatic carbocycles. The van der Waals surface area contributed by atoms with Crippen LogP contribution in [-0.4, -0.2) is 41.3 Å². The van der Waals surface area contributed by atoms with Gasteiger partial charge in [0.2, 0.25) is 0 Å². The number of hydrogen-bond donors (Lipinski definition) is 1. The second-order valence-electron chi connectivity index (χ2n) is 7.61. The number of carbonyl (C=O) groups excluding carboxylic acids is 2. The highest BCUT2D eigenvalue weighted by Crippen LogP contribution is 2.28. The molecule has 2 amide bonds. The van der Waals surface area contributed by atoms with Crippen molar-refractivity contribution in [1.29, 1.82) is 0 Å². The van der Waals surface area contributed by atoms with Crippen LogP contribution in [0.15, 0.2) is 42.5 Å². The fourth-order valence-electron chi connectivity index (χ4n) is 3.74. The highest BCUT2D eigenvalue weighted by Gasteiger charge is 2.22. The van der Waals surface area contributed by atoms with Crippen LogP contribution in [0.5, 0.6) is 5.75 Å². The molecule has 0 bridgehead atoms. The molecule has 1 aliphatic rings. The number of aryl methyl sites for hydroxylation is 1. The lowest BCUT2D eigenvalue weighted by Crippen LogP contribution is -2.32. The summed E-state index contributed by atoms with van der Waals surface area (Å²) in [7, 11) is 0. The van der Waals surface area contributed by atoms with Crippen molar-refractivity contribution in [3.8, 4) is 5.75 Å². The number of nitrogens with zero attached hydrogens (tertiary/aromatic N) is 2. The van der Waals surface area contributed by atoms with E-state index in [0.717, 1.165) is 31.5 Å². The molecule has 2 aromatic rings. The number of benzene rings is 2. The lowest BCUT2D eigenvalue weighted by molar-refractivity contribution is -0.385. The first-order valence-corrected chi connectivity index (χ1v) is 10.5. The molecule has 1 saturated heterocycles. The third kappa shape index (κ3) is 5.39. The van der Waals surface area contributed by atoms with E-state index in [9.17, 15) is 19.7 Å². The van der Waals surface area contributed by atoms with E-state index < -0.39 is 4.92 Å². The van der Waals surface area contributed by atoms with E-state index in [2.05, 4.69) is 5.32 Å². The summed E-state index contributed by atoms with van der Waals surface area (Å²) in [6, 6.07) is 11.3. The fraction of sp³-hybridized carbons (Fsp3) is 0.391. The van der Waals surface area contributed by atoms with Gasteiger partial charge in [-0.2, -0.15) is 0 Å². The smallest absolute Gasteiger partial charge is 0.272 e. The highest BCUT2D eigenvalue weighted by atomic mass is 16.6. The Hall–Kier alpha value is -3.42. The van der Waals surface area contributed by atoms with Gasteiger partial charge in [0.1, 0.15) is 5.75 Å². The molecule has 3 rings (SSSR count). The average Bonchev–Trinajstić information content (AvgIpc) is 3.30. The SMILES string of the molecule is CCC(NC(=O)c1ccc([N+](=O)[O-])c(C)c1)c1ccccc1OCC(=O)N1CCCC1. The van der Waals surface area contributed by atoms with Gasteiger partial charge < -0.3 is 15.0 Å². The van der Waals surface area contributed by atoms with E-state index in [1.54, 1.807) is 17.9 Å². The second-order valence-corrected chi connectivity index (χ2v) is 7.61. The molecule has 8 heteroatoms. The van der Waals surface area contributed by atoms with Crippen molar-refractivity contribution in [3.05, 3.63) is 69.3 Å². The molecule has 0 spiro atoms. The predicted octanol–water partition coefficient (Wildman–Crippen LogP) is 3.79.